The van der Waals surface area contributed by atoms with Gasteiger partial charge < -0.3 is 20.1 Å². The van der Waals surface area contributed by atoms with Gasteiger partial charge in [0.2, 0.25) is 0 Å². The van der Waals surface area contributed by atoms with Gasteiger partial charge >= 0.3 is 24.3 Å². The molecule has 0 aliphatic rings. The quantitative estimate of drug-likeness (QED) is 0.172. The van der Waals surface area contributed by atoms with Crippen molar-refractivity contribution in [3.63, 3.8) is 0 Å². The smallest absolute Gasteiger partial charge is 0.416 e. The van der Waals surface area contributed by atoms with Crippen LogP contribution in [0, 0.1) is 0 Å². The number of hydrogen-bond acceptors (Lipinski definition) is 8. The largest absolute Gasteiger partial charge is 0.465 e. The van der Waals surface area contributed by atoms with Crippen LogP contribution in [0.2, 0.25) is 0 Å². The molecule has 42 heavy (non-hydrogen) atoms. The van der Waals surface area contributed by atoms with E-state index in [1.807, 2.05) is 0 Å². The van der Waals surface area contributed by atoms with Gasteiger partial charge in [0.15, 0.2) is 5.82 Å². The van der Waals surface area contributed by atoms with Crippen LogP contribution >= 0.6 is 0 Å². The molecule has 2 aromatic carbocycles. The molecule has 2 N–H and O–H groups in total. The molecule has 8 nitrogen and oxygen atoms in total. The number of carbonyl (C=O) groups excluding carboxylic acids is 2. The summed E-state index contributed by atoms with van der Waals surface area (Å²) in [5, 5.41) is 5.34. The van der Waals surface area contributed by atoms with E-state index in [1.165, 1.54) is 24.4 Å². The summed E-state index contributed by atoms with van der Waals surface area (Å²) in [5.74, 6) is -2.53. The summed E-state index contributed by atoms with van der Waals surface area (Å²) in [6, 6.07) is 12.5. The molecule has 4 rings (SSSR count). The number of ether oxygens (including phenoxy) is 2. The molecular weight excluding hydrogens is 570 g/mol. The summed E-state index contributed by atoms with van der Waals surface area (Å²) in [4.78, 5) is 34.8. The summed E-state index contributed by atoms with van der Waals surface area (Å²) >= 11 is 0. The second kappa shape index (κ2) is 11.8. The van der Waals surface area contributed by atoms with Gasteiger partial charge in [-0.3, -0.25) is 4.98 Å². The van der Waals surface area contributed by atoms with Crippen LogP contribution in [0.1, 0.15) is 31.8 Å². The Labute approximate surface area is 234 Å². The Morgan fingerprint density at radius 3 is 1.76 bits per heavy atom. The first-order valence-corrected chi connectivity index (χ1v) is 11.9. The number of alkyl halides is 6. The van der Waals surface area contributed by atoms with Crippen molar-refractivity contribution in [1.82, 2.24) is 9.97 Å². The van der Waals surface area contributed by atoms with Crippen LogP contribution in [0.3, 0.4) is 0 Å². The number of rotatable bonds is 7. The summed E-state index contributed by atoms with van der Waals surface area (Å²) < 4.78 is 90.4. The monoisotopic (exact) mass is 590 g/mol. The molecule has 0 spiro atoms. The van der Waals surface area contributed by atoms with E-state index in [0.29, 0.717) is 0 Å². The maximum absolute atomic E-state index is 13.4. The number of nitrogens with zero attached hydrogens (tertiary/aromatic N) is 2. The van der Waals surface area contributed by atoms with Gasteiger partial charge in [0.25, 0.3) is 0 Å². The van der Waals surface area contributed by atoms with Gasteiger partial charge in [-0.25, -0.2) is 14.6 Å². The first-order valence-electron chi connectivity index (χ1n) is 11.9. The molecular formula is C28H20F6N4O4. The molecule has 0 aliphatic heterocycles. The fourth-order valence-electron chi connectivity index (χ4n) is 3.92. The zero-order valence-corrected chi connectivity index (χ0v) is 21.7. The Bertz CT molecular complexity index is 1630. The van der Waals surface area contributed by atoms with E-state index < -0.39 is 46.5 Å². The van der Waals surface area contributed by atoms with Crippen molar-refractivity contribution in [2.75, 3.05) is 24.9 Å². The number of nitrogens with one attached hydrogen (secondary N) is 2. The third-order valence-electron chi connectivity index (χ3n) is 5.80. The third kappa shape index (κ3) is 6.43. The van der Waals surface area contributed by atoms with Crippen molar-refractivity contribution in [3.05, 3.63) is 95.2 Å². The second-order valence-corrected chi connectivity index (χ2v) is 8.54. The van der Waals surface area contributed by atoms with Crippen molar-refractivity contribution >= 4 is 34.8 Å². The maximum Gasteiger partial charge on any atom is 0.416 e. The number of benzene rings is 2. The highest BCUT2D eigenvalue weighted by molar-refractivity contribution is 6.12. The summed E-state index contributed by atoms with van der Waals surface area (Å²) in [5.41, 5.74) is -3.87. The highest BCUT2D eigenvalue weighted by Crippen LogP contribution is 2.40. The lowest BCUT2D eigenvalue weighted by atomic mass is 10.0. The number of methoxy groups -OCH3 is 2. The average molecular weight is 590 g/mol. The number of halogens is 6. The minimum Gasteiger partial charge on any atom is -0.465 e. The zero-order chi connectivity index (χ0) is 30.7. The SMILES string of the molecule is COC(=O)c1c(-c2ccccn2)nc(Nc2cccc(C(F)(F)F)c2)c(Nc2cccc(C(F)(F)F)c2)c1C(=O)OC. The molecule has 14 heteroatoms. The van der Waals surface area contributed by atoms with E-state index in [0.717, 1.165) is 50.6 Å². The number of carbonyl (C=O) groups is 2. The van der Waals surface area contributed by atoms with Crippen LogP contribution < -0.4 is 10.6 Å². The Morgan fingerprint density at radius 2 is 1.26 bits per heavy atom. The minimum atomic E-state index is -4.72. The first kappa shape index (κ1) is 29.8. The Morgan fingerprint density at radius 1 is 0.714 bits per heavy atom. The average Bonchev–Trinajstić information content (AvgIpc) is 2.96. The van der Waals surface area contributed by atoms with Gasteiger partial charge in [0.1, 0.15) is 16.8 Å². The van der Waals surface area contributed by atoms with Crippen molar-refractivity contribution in [2.24, 2.45) is 0 Å². The Balaban J connectivity index is 2.04. The highest BCUT2D eigenvalue weighted by atomic mass is 19.4. The maximum atomic E-state index is 13.4. The normalized spacial score (nSPS) is 11.5. The Kier molecular flexibility index (Phi) is 8.36. The summed E-state index contributed by atoms with van der Waals surface area (Å²) in [7, 11) is 2.03. The van der Waals surface area contributed by atoms with E-state index in [1.54, 1.807) is 12.1 Å². The summed E-state index contributed by atoms with van der Waals surface area (Å²) in [6.45, 7) is 0. The van der Waals surface area contributed by atoms with Crippen LogP contribution in [0.25, 0.3) is 11.4 Å². The second-order valence-electron chi connectivity index (χ2n) is 8.54. The third-order valence-corrected chi connectivity index (χ3v) is 5.80. The van der Waals surface area contributed by atoms with Crippen LogP contribution in [0.5, 0.6) is 0 Å². The van der Waals surface area contributed by atoms with Crippen molar-refractivity contribution < 1.29 is 45.4 Å². The molecule has 0 fully saturated rings. The van der Waals surface area contributed by atoms with Gasteiger partial charge in [-0.05, 0) is 48.5 Å². The molecule has 0 saturated carbocycles. The van der Waals surface area contributed by atoms with E-state index in [9.17, 15) is 35.9 Å². The molecule has 218 valence electrons. The zero-order valence-electron chi connectivity index (χ0n) is 21.7. The summed E-state index contributed by atoms with van der Waals surface area (Å²) in [6.07, 6.45) is -8.06. The lowest BCUT2D eigenvalue weighted by Crippen LogP contribution is -2.19. The molecule has 0 bridgehead atoms. The standard InChI is InChI=1S/C28H20F6N4O4/c1-41-25(39)20-21(26(40)42-2)23(36-17-9-5-7-15(13-17)27(29,30)31)24(38-22(20)19-11-3-4-12-35-19)37-18-10-6-8-16(14-18)28(32,33)34/h3-14,36H,1-2H3,(H,37,38). The highest BCUT2D eigenvalue weighted by Gasteiger charge is 2.34. The van der Waals surface area contributed by atoms with Gasteiger partial charge in [0, 0.05) is 17.6 Å². The van der Waals surface area contributed by atoms with Crippen LogP contribution in [-0.4, -0.2) is 36.1 Å². The molecule has 0 radical (unpaired) electrons. The van der Waals surface area contributed by atoms with Gasteiger partial charge in [0.05, 0.1) is 36.7 Å². The van der Waals surface area contributed by atoms with E-state index in [4.69, 9.17) is 9.47 Å². The molecule has 4 aromatic rings. The van der Waals surface area contributed by atoms with E-state index in [-0.39, 0.29) is 34.3 Å². The van der Waals surface area contributed by atoms with Gasteiger partial charge in [-0.2, -0.15) is 26.3 Å². The van der Waals surface area contributed by atoms with Gasteiger partial charge in [-0.1, -0.05) is 18.2 Å². The van der Waals surface area contributed by atoms with Crippen molar-refractivity contribution in [3.8, 4) is 11.4 Å². The van der Waals surface area contributed by atoms with E-state index in [2.05, 4.69) is 20.6 Å². The predicted molar refractivity (Wildman–Crippen MR) is 140 cm³/mol. The minimum absolute atomic E-state index is 0.0702. The molecule has 0 unspecified atom stereocenters. The van der Waals surface area contributed by atoms with Crippen LogP contribution in [0.4, 0.5) is 49.2 Å². The molecule has 2 heterocycles. The number of aromatic nitrogens is 2. The molecule has 0 aliphatic carbocycles. The molecule has 0 atom stereocenters. The number of esters is 2. The lowest BCUT2D eigenvalue weighted by Gasteiger charge is -2.21. The van der Waals surface area contributed by atoms with Crippen molar-refractivity contribution in [1.29, 1.82) is 0 Å². The number of hydrogen-bond donors (Lipinski definition) is 2. The number of pyridine rings is 2. The fraction of sp³-hybridized carbons (Fsp3) is 0.143. The fourth-order valence-corrected chi connectivity index (χ4v) is 3.92. The molecule has 0 saturated heterocycles. The Hall–Kier alpha value is -5.14. The predicted octanol–water partition coefficient (Wildman–Crippen LogP) is 7.24. The molecule has 0 amide bonds. The lowest BCUT2D eigenvalue weighted by molar-refractivity contribution is -0.138. The van der Waals surface area contributed by atoms with Crippen LogP contribution in [-0.2, 0) is 21.8 Å². The molecule has 2 aromatic heterocycles. The van der Waals surface area contributed by atoms with Crippen molar-refractivity contribution in [2.45, 2.75) is 12.4 Å². The van der Waals surface area contributed by atoms with E-state index >= 15 is 0 Å². The number of anilines is 4. The topological polar surface area (TPSA) is 102 Å². The van der Waals surface area contributed by atoms with Crippen LogP contribution in [0.15, 0.2) is 72.9 Å². The first-order chi connectivity index (χ1) is 19.8. The van der Waals surface area contributed by atoms with Gasteiger partial charge in [-0.15, -0.1) is 0 Å².